The fourth-order valence-electron chi connectivity index (χ4n) is 4.41. The monoisotopic (exact) mass is 236 g/mol. The summed E-state index contributed by atoms with van der Waals surface area (Å²) in [4.78, 5) is 12.9. The molecule has 0 aromatic heterocycles. The van der Waals surface area contributed by atoms with Gasteiger partial charge in [-0.25, -0.2) is 0 Å². The number of rotatable bonds is 5. The van der Waals surface area contributed by atoms with Crippen LogP contribution in [0.15, 0.2) is 0 Å². The lowest BCUT2D eigenvalue weighted by atomic mass is 9.66. The van der Waals surface area contributed by atoms with Crippen LogP contribution in [0.2, 0.25) is 0 Å². The zero-order chi connectivity index (χ0) is 12.6. The van der Waals surface area contributed by atoms with Gasteiger partial charge in [-0.1, -0.05) is 40.5 Å². The van der Waals surface area contributed by atoms with Gasteiger partial charge in [0.2, 0.25) is 0 Å². The third-order valence-electron chi connectivity index (χ3n) is 5.46. The molecular weight excluding hydrogens is 208 g/mol. The van der Waals surface area contributed by atoms with E-state index < -0.39 is 0 Å². The number of fused-ring (bicyclic) bond motifs is 2. The van der Waals surface area contributed by atoms with Gasteiger partial charge >= 0.3 is 0 Å². The van der Waals surface area contributed by atoms with Gasteiger partial charge in [-0.15, -0.1) is 0 Å². The van der Waals surface area contributed by atoms with Crippen molar-refractivity contribution in [3.05, 3.63) is 0 Å². The minimum atomic E-state index is 0.0347. The van der Waals surface area contributed by atoms with Gasteiger partial charge in [0, 0.05) is 11.3 Å². The summed E-state index contributed by atoms with van der Waals surface area (Å²) in [6.45, 7) is 8.90. The summed E-state index contributed by atoms with van der Waals surface area (Å²) in [5, 5.41) is 0. The molecule has 1 nitrogen and oxygen atoms in total. The predicted molar refractivity (Wildman–Crippen MR) is 71.8 cm³/mol. The van der Waals surface area contributed by atoms with E-state index in [1.807, 2.05) is 0 Å². The van der Waals surface area contributed by atoms with Crippen molar-refractivity contribution in [2.75, 3.05) is 0 Å². The second kappa shape index (κ2) is 4.74. The summed E-state index contributed by atoms with van der Waals surface area (Å²) in [5.74, 6) is 2.99. The minimum Gasteiger partial charge on any atom is -0.299 e. The molecule has 2 fully saturated rings. The third kappa shape index (κ3) is 2.18. The number of ketones is 1. The van der Waals surface area contributed by atoms with Crippen molar-refractivity contribution in [3.63, 3.8) is 0 Å². The van der Waals surface area contributed by atoms with Gasteiger partial charge < -0.3 is 0 Å². The fraction of sp³-hybridized carbons (Fsp3) is 0.938. The predicted octanol–water partition coefficient (Wildman–Crippen LogP) is 4.45. The van der Waals surface area contributed by atoms with Crippen LogP contribution in [0.4, 0.5) is 0 Å². The van der Waals surface area contributed by atoms with E-state index in [-0.39, 0.29) is 5.41 Å². The first-order chi connectivity index (χ1) is 7.99. The molecule has 17 heavy (non-hydrogen) atoms. The summed E-state index contributed by atoms with van der Waals surface area (Å²) in [7, 11) is 0. The first kappa shape index (κ1) is 13.1. The largest absolute Gasteiger partial charge is 0.299 e. The second-order valence-electron chi connectivity index (χ2n) is 7.00. The molecule has 0 aromatic rings. The lowest BCUT2D eigenvalue weighted by Gasteiger charge is -2.36. The Kier molecular flexibility index (Phi) is 3.66. The van der Waals surface area contributed by atoms with Crippen LogP contribution in [-0.4, -0.2) is 5.78 Å². The maximum atomic E-state index is 12.9. The Bertz CT molecular complexity index is 294. The Morgan fingerprint density at radius 3 is 2.47 bits per heavy atom. The summed E-state index contributed by atoms with van der Waals surface area (Å²) in [6, 6.07) is 0. The Hall–Kier alpha value is -0.330. The van der Waals surface area contributed by atoms with Crippen molar-refractivity contribution in [1.29, 1.82) is 0 Å². The van der Waals surface area contributed by atoms with E-state index in [1.54, 1.807) is 0 Å². The molecule has 98 valence electrons. The van der Waals surface area contributed by atoms with Gasteiger partial charge in [0.25, 0.3) is 0 Å². The Labute approximate surface area is 106 Å². The van der Waals surface area contributed by atoms with Crippen LogP contribution in [0.5, 0.6) is 0 Å². The standard InChI is InChI=1S/C16H28O/c1-5-6-14(11(2)3)15(17)16(4)10-12-7-8-13(16)9-12/h11-14H,5-10H2,1-4H3. The molecule has 0 heterocycles. The lowest BCUT2D eigenvalue weighted by molar-refractivity contribution is -0.136. The molecule has 2 aliphatic carbocycles. The molecule has 0 N–H and O–H groups in total. The SMILES string of the molecule is CCCC(C(=O)C1(C)CC2CCC1C2)C(C)C. The molecule has 0 aromatic carbocycles. The van der Waals surface area contributed by atoms with Crippen LogP contribution in [-0.2, 0) is 4.79 Å². The van der Waals surface area contributed by atoms with Crippen LogP contribution in [0, 0.1) is 29.1 Å². The number of carbonyl (C=O) groups excluding carboxylic acids is 1. The average Bonchev–Trinajstić information content (AvgIpc) is 2.84. The molecule has 0 amide bonds. The number of hydrogen-bond acceptors (Lipinski definition) is 1. The molecular formula is C16H28O. The molecule has 0 spiro atoms. The van der Waals surface area contributed by atoms with Crippen molar-refractivity contribution in [2.45, 2.75) is 66.2 Å². The minimum absolute atomic E-state index is 0.0347. The van der Waals surface area contributed by atoms with E-state index in [2.05, 4.69) is 27.7 Å². The average molecular weight is 236 g/mol. The molecule has 2 aliphatic rings. The topological polar surface area (TPSA) is 17.1 Å². The van der Waals surface area contributed by atoms with Crippen LogP contribution >= 0.6 is 0 Å². The van der Waals surface area contributed by atoms with E-state index >= 15 is 0 Å². The Morgan fingerprint density at radius 2 is 2.06 bits per heavy atom. The van der Waals surface area contributed by atoms with Crippen LogP contribution in [0.1, 0.15) is 66.2 Å². The van der Waals surface area contributed by atoms with Crippen molar-refractivity contribution < 1.29 is 4.79 Å². The first-order valence-corrected chi connectivity index (χ1v) is 7.53. The molecule has 4 unspecified atom stereocenters. The lowest BCUT2D eigenvalue weighted by Crippen LogP contribution is -2.39. The zero-order valence-corrected chi connectivity index (χ0v) is 12.0. The molecule has 2 bridgehead atoms. The van der Waals surface area contributed by atoms with Gasteiger partial charge in [0.1, 0.15) is 5.78 Å². The van der Waals surface area contributed by atoms with Crippen LogP contribution in [0.3, 0.4) is 0 Å². The van der Waals surface area contributed by atoms with E-state index in [0.29, 0.717) is 23.5 Å². The molecule has 0 saturated heterocycles. The zero-order valence-electron chi connectivity index (χ0n) is 12.0. The molecule has 0 radical (unpaired) electrons. The molecule has 2 saturated carbocycles. The molecule has 0 aliphatic heterocycles. The highest BCUT2D eigenvalue weighted by Crippen LogP contribution is 2.57. The Morgan fingerprint density at radius 1 is 1.35 bits per heavy atom. The van der Waals surface area contributed by atoms with Crippen molar-refractivity contribution in [3.8, 4) is 0 Å². The van der Waals surface area contributed by atoms with Gasteiger partial charge in [0.05, 0.1) is 0 Å². The number of Topliss-reactive ketones (excluding diaryl/α,β-unsaturated/α-hetero) is 1. The van der Waals surface area contributed by atoms with Crippen LogP contribution < -0.4 is 0 Å². The maximum Gasteiger partial charge on any atom is 0.142 e. The molecule has 2 rings (SSSR count). The Balaban J connectivity index is 2.12. The van der Waals surface area contributed by atoms with Gasteiger partial charge in [0.15, 0.2) is 0 Å². The van der Waals surface area contributed by atoms with Crippen molar-refractivity contribution >= 4 is 5.78 Å². The highest BCUT2D eigenvalue weighted by atomic mass is 16.1. The smallest absolute Gasteiger partial charge is 0.142 e. The highest BCUT2D eigenvalue weighted by Gasteiger charge is 2.53. The summed E-state index contributed by atoms with van der Waals surface area (Å²) in [5.41, 5.74) is 0.0347. The maximum absolute atomic E-state index is 12.9. The van der Waals surface area contributed by atoms with Gasteiger partial charge in [-0.05, 0) is 43.4 Å². The normalized spacial score (nSPS) is 37.7. The second-order valence-corrected chi connectivity index (χ2v) is 7.00. The molecule has 1 heteroatoms. The van der Waals surface area contributed by atoms with Crippen molar-refractivity contribution in [2.24, 2.45) is 29.1 Å². The quantitative estimate of drug-likeness (QED) is 0.689. The van der Waals surface area contributed by atoms with E-state index in [0.717, 1.165) is 18.8 Å². The van der Waals surface area contributed by atoms with Crippen molar-refractivity contribution in [1.82, 2.24) is 0 Å². The summed E-state index contributed by atoms with van der Waals surface area (Å²) >= 11 is 0. The van der Waals surface area contributed by atoms with Gasteiger partial charge in [-0.3, -0.25) is 4.79 Å². The van der Waals surface area contributed by atoms with Gasteiger partial charge in [-0.2, -0.15) is 0 Å². The van der Waals surface area contributed by atoms with Crippen LogP contribution in [0.25, 0.3) is 0 Å². The number of carbonyl (C=O) groups is 1. The third-order valence-corrected chi connectivity index (χ3v) is 5.46. The first-order valence-electron chi connectivity index (χ1n) is 7.53. The van der Waals surface area contributed by atoms with E-state index in [9.17, 15) is 4.79 Å². The van der Waals surface area contributed by atoms with E-state index in [1.165, 1.54) is 25.7 Å². The van der Waals surface area contributed by atoms with E-state index in [4.69, 9.17) is 0 Å². The summed E-state index contributed by atoms with van der Waals surface area (Å²) < 4.78 is 0. The highest BCUT2D eigenvalue weighted by molar-refractivity contribution is 5.87. The fourth-order valence-corrected chi connectivity index (χ4v) is 4.41. The summed E-state index contributed by atoms with van der Waals surface area (Å²) in [6.07, 6.45) is 7.43. The number of hydrogen-bond donors (Lipinski definition) is 0. The molecule has 4 atom stereocenters.